The molecule has 1 heterocycles. The van der Waals surface area contributed by atoms with E-state index in [0.717, 1.165) is 0 Å². The number of hydrogen-bond donors (Lipinski definition) is 1. The molecule has 1 aromatic heterocycles. The Morgan fingerprint density at radius 2 is 1.88 bits per heavy atom. The molecule has 0 unspecified atom stereocenters. The van der Waals surface area contributed by atoms with Gasteiger partial charge in [-0.15, -0.1) is 0 Å². The van der Waals surface area contributed by atoms with E-state index in [4.69, 9.17) is 33.4 Å². The van der Waals surface area contributed by atoms with E-state index < -0.39 is 0 Å². The SMILES string of the molecule is Nc1c(Cl)cc(C(=O)c2occc2Br)cc1Cl. The van der Waals surface area contributed by atoms with Crippen LogP contribution in [-0.2, 0) is 0 Å². The fraction of sp³-hybridized carbons (Fsp3) is 0. The number of ketones is 1. The predicted molar refractivity (Wildman–Crippen MR) is 70.7 cm³/mol. The summed E-state index contributed by atoms with van der Waals surface area (Å²) in [6.45, 7) is 0. The highest BCUT2D eigenvalue weighted by Gasteiger charge is 2.18. The monoisotopic (exact) mass is 333 g/mol. The Bertz CT molecular complexity index is 572. The lowest BCUT2D eigenvalue weighted by molar-refractivity contribution is 0.101. The van der Waals surface area contributed by atoms with Gasteiger partial charge >= 0.3 is 0 Å². The summed E-state index contributed by atoms with van der Waals surface area (Å²) >= 11 is 14.9. The van der Waals surface area contributed by atoms with E-state index in [2.05, 4.69) is 15.9 Å². The van der Waals surface area contributed by atoms with Crippen molar-refractivity contribution in [2.45, 2.75) is 0 Å². The van der Waals surface area contributed by atoms with Crippen molar-refractivity contribution >= 4 is 50.6 Å². The first-order valence-corrected chi connectivity index (χ1v) is 6.08. The second kappa shape index (κ2) is 4.72. The largest absolute Gasteiger partial charge is 0.460 e. The van der Waals surface area contributed by atoms with Gasteiger partial charge in [0.25, 0.3) is 0 Å². The minimum absolute atomic E-state index is 0.196. The summed E-state index contributed by atoms with van der Waals surface area (Å²) in [6, 6.07) is 4.55. The Hall–Kier alpha value is -0.970. The first-order chi connectivity index (χ1) is 8.00. The van der Waals surface area contributed by atoms with Gasteiger partial charge in [-0.25, -0.2) is 0 Å². The maximum absolute atomic E-state index is 12.1. The molecule has 0 aliphatic heterocycles. The molecule has 0 bridgehead atoms. The van der Waals surface area contributed by atoms with E-state index in [0.29, 0.717) is 10.0 Å². The fourth-order valence-corrected chi connectivity index (χ4v) is 2.17. The molecule has 2 N–H and O–H groups in total. The Morgan fingerprint density at radius 1 is 1.29 bits per heavy atom. The molecule has 0 fully saturated rings. The van der Waals surface area contributed by atoms with Crippen molar-refractivity contribution in [1.29, 1.82) is 0 Å². The maximum Gasteiger partial charge on any atom is 0.229 e. The molecule has 2 rings (SSSR count). The number of halogens is 3. The van der Waals surface area contributed by atoms with Gasteiger partial charge in [0.1, 0.15) is 0 Å². The van der Waals surface area contributed by atoms with Crippen LogP contribution in [-0.4, -0.2) is 5.78 Å². The number of nitrogens with two attached hydrogens (primary N) is 1. The van der Waals surface area contributed by atoms with Crippen LogP contribution in [0.25, 0.3) is 0 Å². The third kappa shape index (κ3) is 2.34. The molecule has 0 aliphatic rings. The van der Waals surface area contributed by atoms with Crippen molar-refractivity contribution in [2.75, 3.05) is 5.73 Å². The lowest BCUT2D eigenvalue weighted by Gasteiger charge is -2.04. The van der Waals surface area contributed by atoms with Crippen LogP contribution in [0.4, 0.5) is 5.69 Å². The van der Waals surface area contributed by atoms with Crippen LogP contribution in [0.1, 0.15) is 16.1 Å². The zero-order chi connectivity index (χ0) is 12.6. The Morgan fingerprint density at radius 3 is 2.35 bits per heavy atom. The predicted octanol–water partition coefficient (Wildman–Crippen LogP) is 4.16. The van der Waals surface area contributed by atoms with Crippen LogP contribution >= 0.6 is 39.1 Å². The third-order valence-corrected chi connectivity index (χ3v) is 3.41. The van der Waals surface area contributed by atoms with Gasteiger partial charge in [0, 0.05) is 5.56 Å². The summed E-state index contributed by atoms with van der Waals surface area (Å²) in [5.74, 6) is -0.118. The average molecular weight is 335 g/mol. The number of nitrogen functional groups attached to an aromatic ring is 1. The van der Waals surface area contributed by atoms with Crippen molar-refractivity contribution in [1.82, 2.24) is 0 Å². The van der Waals surface area contributed by atoms with Gasteiger partial charge in [0.15, 0.2) is 5.76 Å². The summed E-state index contributed by atoms with van der Waals surface area (Å²) < 4.78 is 5.65. The van der Waals surface area contributed by atoms with Gasteiger partial charge < -0.3 is 10.2 Å². The van der Waals surface area contributed by atoms with Crippen molar-refractivity contribution in [3.63, 3.8) is 0 Å². The summed E-state index contributed by atoms with van der Waals surface area (Å²) in [5.41, 5.74) is 6.17. The first-order valence-electron chi connectivity index (χ1n) is 4.53. The zero-order valence-corrected chi connectivity index (χ0v) is 11.4. The Balaban J connectivity index is 2.49. The van der Waals surface area contributed by atoms with Crippen LogP contribution in [0.3, 0.4) is 0 Å². The molecular weight excluding hydrogens is 329 g/mol. The molecule has 0 atom stereocenters. The van der Waals surface area contributed by atoms with Gasteiger partial charge in [-0.2, -0.15) is 0 Å². The quantitative estimate of drug-likeness (QED) is 0.662. The van der Waals surface area contributed by atoms with Crippen molar-refractivity contribution in [3.8, 4) is 0 Å². The summed E-state index contributed by atoms with van der Waals surface area (Å²) in [6.07, 6.45) is 1.41. The standard InChI is InChI=1S/C11H6BrCl2NO2/c12-6-1-2-17-11(6)10(16)5-3-7(13)9(15)8(14)4-5/h1-4H,15H2. The number of carbonyl (C=O) groups is 1. The Labute approximate surface area is 116 Å². The minimum atomic E-state index is -0.314. The summed E-state index contributed by atoms with van der Waals surface area (Å²) in [5, 5.41) is 0.479. The molecule has 0 aliphatic carbocycles. The van der Waals surface area contributed by atoms with Gasteiger partial charge in [0.2, 0.25) is 5.78 Å². The molecular formula is C11H6BrCl2NO2. The Kier molecular flexibility index (Phi) is 3.47. The number of hydrogen-bond acceptors (Lipinski definition) is 3. The second-order valence-corrected chi connectivity index (χ2v) is 4.95. The van der Waals surface area contributed by atoms with E-state index in [1.165, 1.54) is 18.4 Å². The molecule has 1 aromatic carbocycles. The van der Waals surface area contributed by atoms with Crippen LogP contribution in [0.2, 0.25) is 10.0 Å². The van der Waals surface area contributed by atoms with Crippen LogP contribution < -0.4 is 5.73 Å². The van der Waals surface area contributed by atoms with Crippen LogP contribution in [0.5, 0.6) is 0 Å². The third-order valence-electron chi connectivity index (χ3n) is 2.16. The summed E-state index contributed by atoms with van der Waals surface area (Å²) in [7, 11) is 0. The van der Waals surface area contributed by atoms with Crippen LogP contribution in [0.15, 0.2) is 33.4 Å². The van der Waals surface area contributed by atoms with E-state index in [1.54, 1.807) is 6.07 Å². The molecule has 0 spiro atoms. The number of anilines is 1. The normalized spacial score (nSPS) is 10.5. The molecule has 2 aromatic rings. The van der Waals surface area contributed by atoms with E-state index in [9.17, 15) is 4.79 Å². The first kappa shape index (κ1) is 12.5. The number of carbonyl (C=O) groups excluding carboxylic acids is 1. The van der Waals surface area contributed by atoms with Gasteiger partial charge in [-0.1, -0.05) is 23.2 Å². The minimum Gasteiger partial charge on any atom is -0.460 e. The molecule has 6 heteroatoms. The molecule has 0 saturated carbocycles. The van der Waals surface area contributed by atoms with Crippen molar-refractivity contribution in [3.05, 3.63) is 50.3 Å². The fourth-order valence-electron chi connectivity index (χ4n) is 1.30. The highest BCUT2D eigenvalue weighted by Crippen LogP contribution is 2.30. The van der Waals surface area contributed by atoms with Gasteiger partial charge in [-0.3, -0.25) is 4.79 Å². The average Bonchev–Trinajstić information content (AvgIpc) is 2.70. The second-order valence-electron chi connectivity index (χ2n) is 3.28. The van der Waals surface area contributed by atoms with Gasteiger partial charge in [-0.05, 0) is 34.1 Å². The smallest absolute Gasteiger partial charge is 0.229 e. The molecule has 0 saturated heterocycles. The molecule has 3 nitrogen and oxygen atoms in total. The highest BCUT2D eigenvalue weighted by molar-refractivity contribution is 9.10. The van der Waals surface area contributed by atoms with Crippen molar-refractivity contribution in [2.24, 2.45) is 0 Å². The van der Waals surface area contributed by atoms with E-state index in [1.807, 2.05) is 0 Å². The molecule has 88 valence electrons. The highest BCUT2D eigenvalue weighted by atomic mass is 79.9. The van der Waals surface area contributed by atoms with Crippen molar-refractivity contribution < 1.29 is 9.21 Å². The van der Waals surface area contributed by atoms with E-state index in [-0.39, 0.29) is 27.3 Å². The summed E-state index contributed by atoms with van der Waals surface area (Å²) in [4.78, 5) is 12.1. The lowest BCUT2D eigenvalue weighted by Crippen LogP contribution is -2.02. The molecule has 0 radical (unpaired) electrons. The number of furan rings is 1. The lowest BCUT2D eigenvalue weighted by atomic mass is 10.1. The zero-order valence-electron chi connectivity index (χ0n) is 8.34. The maximum atomic E-state index is 12.1. The topological polar surface area (TPSA) is 56.2 Å². The van der Waals surface area contributed by atoms with Crippen LogP contribution in [0, 0.1) is 0 Å². The van der Waals surface area contributed by atoms with E-state index >= 15 is 0 Å². The molecule has 0 amide bonds. The molecule has 17 heavy (non-hydrogen) atoms. The number of benzene rings is 1. The van der Waals surface area contributed by atoms with Gasteiger partial charge in [0.05, 0.1) is 26.5 Å². The number of rotatable bonds is 2.